The molecule has 0 heterocycles. The molecule has 8 heteroatoms. The maximum atomic E-state index is 10.6. The Morgan fingerprint density at radius 1 is 1.03 bits per heavy atom. The van der Waals surface area contributed by atoms with Gasteiger partial charge >= 0.3 is 7.40 Å². The van der Waals surface area contributed by atoms with E-state index in [-0.39, 0.29) is 7.33 Å². The average Bonchev–Trinajstić information content (AvgIpc) is 2.76. The molecule has 0 saturated carbocycles. The summed E-state index contributed by atoms with van der Waals surface area (Å²) in [5.41, 5.74) is 18.4. The summed E-state index contributed by atoms with van der Waals surface area (Å²) in [4.78, 5) is 31.0. The second-order valence-corrected chi connectivity index (χ2v) is 6.67. The van der Waals surface area contributed by atoms with Gasteiger partial charge in [-0.25, -0.2) is 0 Å². The van der Waals surface area contributed by atoms with Crippen molar-refractivity contribution in [3.63, 3.8) is 0 Å². The largest absolute Gasteiger partial charge is 1.00 e. The molecule has 0 unspecified atom stereocenters. The fraction of sp³-hybridized carbons (Fsp3) is 0.348. The third kappa shape index (κ3) is 15.4. The average molecular weight is 432 g/mol. The van der Waals surface area contributed by atoms with E-state index in [2.05, 4.69) is 17.4 Å². The van der Waals surface area contributed by atoms with Crippen molar-refractivity contribution in [3.05, 3.63) is 65.7 Å². The molecule has 0 bridgehead atoms. The van der Waals surface area contributed by atoms with E-state index >= 15 is 0 Å². The zero-order chi connectivity index (χ0) is 23.5. The number of benzene rings is 2. The topological polar surface area (TPSA) is 162 Å². The smallest absolute Gasteiger partial charge is 0.480 e. The molecule has 8 nitrogen and oxygen atoms in total. The zero-order valence-electron chi connectivity index (χ0n) is 19.0. The number of nitrogens with one attached hydrogen (secondary N) is 1. The van der Waals surface area contributed by atoms with Gasteiger partial charge in [0, 0.05) is 18.2 Å². The predicted octanol–water partition coefficient (Wildman–Crippen LogP) is 2.29. The maximum Gasteiger partial charge on any atom is 1.00 e. The van der Waals surface area contributed by atoms with Gasteiger partial charge in [0.05, 0.1) is 0 Å². The summed E-state index contributed by atoms with van der Waals surface area (Å²) in [6, 6.07) is 16.2. The van der Waals surface area contributed by atoms with Gasteiger partial charge in [-0.2, -0.15) is 0 Å². The second kappa shape index (κ2) is 17.8. The van der Waals surface area contributed by atoms with Crippen LogP contribution >= 0.6 is 0 Å². The minimum Gasteiger partial charge on any atom is -0.480 e. The number of carboxylic acid groups (broad SMARTS) is 1. The summed E-state index contributed by atoms with van der Waals surface area (Å²) in [6.07, 6.45) is 3.91. The number of carboxylic acids is 1. The zero-order valence-corrected chi connectivity index (χ0v) is 18.0. The molecule has 1 atom stereocenters. The molecule has 8 N–H and O–H groups in total. The Morgan fingerprint density at radius 3 is 2.10 bits per heavy atom. The van der Waals surface area contributed by atoms with Gasteiger partial charge in [-0.05, 0) is 62.2 Å². The number of carbonyl (C=O) groups excluding carboxylic acids is 2. The standard InChI is InChI=1S/C9H9NO2.C8H11N.C6H14N2O2/c1-7(12)10-9-4-2-8(6-11)3-5-9;9-7-6-8-4-2-1-3-5-8;7-4-2-1-3-5(8)6(9)10/h2-6H,1H3,(H,10,12);1-5H,6-7,9H2;5H,1-4,7-8H2,(H,9,10)/p+1/t;;5-/m..0/s1. The molecule has 0 aliphatic rings. The van der Waals surface area contributed by atoms with Crippen molar-refractivity contribution in [2.45, 2.75) is 38.6 Å². The van der Waals surface area contributed by atoms with Crippen molar-refractivity contribution in [1.29, 1.82) is 0 Å². The van der Waals surface area contributed by atoms with Gasteiger partial charge in [0.25, 0.3) is 0 Å². The lowest BCUT2D eigenvalue weighted by atomic mass is 10.1. The summed E-state index contributed by atoms with van der Waals surface area (Å²) in [5.74, 6) is -1.05. The first-order valence-corrected chi connectivity index (χ1v) is 10.1. The van der Waals surface area contributed by atoms with Crippen LogP contribution in [0.5, 0.6) is 0 Å². The molecule has 2 aromatic rings. The molecule has 0 aliphatic carbocycles. The number of aliphatic carboxylic acids is 1. The molecule has 0 aliphatic heterocycles. The first-order valence-electron chi connectivity index (χ1n) is 10.1. The summed E-state index contributed by atoms with van der Waals surface area (Å²) < 4.78 is 0. The van der Waals surface area contributed by atoms with E-state index in [0.717, 1.165) is 32.1 Å². The Labute approximate surface area is 185 Å². The van der Waals surface area contributed by atoms with Crippen LogP contribution in [0.25, 0.3) is 0 Å². The van der Waals surface area contributed by atoms with Crippen molar-refractivity contribution in [3.8, 4) is 0 Å². The summed E-state index contributed by atoms with van der Waals surface area (Å²) in [5, 5.41) is 10.9. The van der Waals surface area contributed by atoms with Crippen molar-refractivity contribution >= 4 is 23.9 Å². The van der Waals surface area contributed by atoms with Crippen LogP contribution in [-0.2, 0) is 16.0 Å². The van der Waals surface area contributed by atoms with Crippen LogP contribution in [0.4, 0.5) is 5.69 Å². The van der Waals surface area contributed by atoms with Gasteiger partial charge in [0.15, 0.2) is 0 Å². The van der Waals surface area contributed by atoms with Gasteiger partial charge in [0.1, 0.15) is 12.3 Å². The van der Waals surface area contributed by atoms with Crippen molar-refractivity contribution in [2.75, 3.05) is 18.4 Å². The van der Waals surface area contributed by atoms with Crippen molar-refractivity contribution in [1.82, 2.24) is 0 Å². The number of amides is 1. The quantitative estimate of drug-likeness (QED) is 0.300. The van der Waals surface area contributed by atoms with Crippen LogP contribution in [-0.4, -0.2) is 42.4 Å². The molecular weight excluding hydrogens is 396 g/mol. The van der Waals surface area contributed by atoms with E-state index < -0.39 is 12.0 Å². The molecule has 170 valence electrons. The molecule has 2 aromatic carbocycles. The Balaban J connectivity index is 0. The number of carbonyl (C=O) groups is 3. The Bertz CT molecular complexity index is 758. The lowest BCUT2D eigenvalue weighted by molar-refractivity contribution is -0.138. The van der Waals surface area contributed by atoms with Crippen molar-refractivity contribution < 1.29 is 20.9 Å². The van der Waals surface area contributed by atoms with Gasteiger partial charge in [-0.3, -0.25) is 14.4 Å². The highest BCUT2D eigenvalue weighted by Gasteiger charge is 2.09. The number of unbranched alkanes of at least 4 members (excludes halogenated alkanes) is 1. The first kappa shape index (κ1) is 27.9. The van der Waals surface area contributed by atoms with E-state index in [1.807, 2.05) is 18.2 Å². The highest BCUT2D eigenvalue weighted by molar-refractivity contribution is 5.89. The number of aldehydes is 1. The van der Waals surface area contributed by atoms with Gasteiger partial charge < -0.3 is 27.6 Å². The lowest BCUT2D eigenvalue weighted by Gasteiger charge is -2.03. The van der Waals surface area contributed by atoms with E-state index in [1.54, 1.807) is 24.3 Å². The fourth-order valence-corrected chi connectivity index (χ4v) is 2.29. The Morgan fingerprint density at radius 2 is 1.65 bits per heavy atom. The third-order valence-corrected chi connectivity index (χ3v) is 3.93. The minimum atomic E-state index is -0.933. The molecule has 2 rings (SSSR count). The highest BCUT2D eigenvalue weighted by Crippen LogP contribution is 2.07. The SMILES string of the molecule is CC(=O)Nc1ccc(C=O)cc1.NCCCC[C@H](N)C(=O)O.NCCc1ccccc1.[H+]. The number of anilines is 1. The number of nitrogens with two attached hydrogens (primary N) is 3. The minimum absolute atomic E-state index is 0. The number of rotatable bonds is 9. The summed E-state index contributed by atoms with van der Waals surface area (Å²) >= 11 is 0. The van der Waals surface area contributed by atoms with Gasteiger partial charge in [0.2, 0.25) is 5.91 Å². The van der Waals surface area contributed by atoms with Crippen molar-refractivity contribution in [2.24, 2.45) is 17.2 Å². The molecule has 0 fully saturated rings. The highest BCUT2D eigenvalue weighted by atomic mass is 16.4. The molecule has 0 spiro atoms. The Hall–Kier alpha value is -3.07. The second-order valence-electron chi connectivity index (χ2n) is 6.67. The maximum absolute atomic E-state index is 10.6. The van der Waals surface area contributed by atoms with Crippen LogP contribution in [0.2, 0.25) is 0 Å². The molecule has 0 saturated heterocycles. The summed E-state index contributed by atoms with van der Waals surface area (Å²) in [7, 11) is 0. The summed E-state index contributed by atoms with van der Waals surface area (Å²) in [6.45, 7) is 2.78. The van der Waals surface area contributed by atoms with Gasteiger partial charge in [-0.15, -0.1) is 0 Å². The van der Waals surface area contributed by atoms with E-state index in [4.69, 9.17) is 22.3 Å². The molecular formula is C23H35N4O4+. The number of hydrogen-bond donors (Lipinski definition) is 5. The van der Waals surface area contributed by atoms with Crippen LogP contribution in [0, 0.1) is 0 Å². The molecule has 0 radical (unpaired) electrons. The normalized spacial score (nSPS) is 10.5. The molecule has 0 aromatic heterocycles. The van der Waals surface area contributed by atoms with Crippen LogP contribution < -0.4 is 22.5 Å². The van der Waals surface area contributed by atoms with Gasteiger partial charge in [-0.1, -0.05) is 36.8 Å². The Kier molecular flexibility index (Phi) is 16.0. The van der Waals surface area contributed by atoms with Crippen LogP contribution in [0.1, 0.15) is 43.5 Å². The lowest BCUT2D eigenvalue weighted by Crippen LogP contribution is -2.29. The molecule has 31 heavy (non-hydrogen) atoms. The van der Waals surface area contributed by atoms with Crippen LogP contribution in [0.3, 0.4) is 0 Å². The fourth-order valence-electron chi connectivity index (χ4n) is 2.29. The predicted molar refractivity (Wildman–Crippen MR) is 125 cm³/mol. The van der Waals surface area contributed by atoms with Crippen LogP contribution in [0.15, 0.2) is 54.6 Å². The first-order chi connectivity index (χ1) is 14.8. The number of hydrogen-bond acceptors (Lipinski definition) is 6. The molecule has 1 amide bonds. The van der Waals surface area contributed by atoms with E-state index in [9.17, 15) is 14.4 Å². The monoisotopic (exact) mass is 431 g/mol. The van der Waals surface area contributed by atoms with E-state index in [1.165, 1.54) is 12.5 Å². The van der Waals surface area contributed by atoms with E-state index in [0.29, 0.717) is 24.2 Å². The third-order valence-electron chi connectivity index (χ3n) is 3.93.